The molecule has 0 atom stereocenters. The van der Waals surface area contributed by atoms with E-state index in [0.29, 0.717) is 64.2 Å². The number of hydrogen-bond acceptors (Lipinski definition) is 6. The van der Waals surface area contributed by atoms with Crippen molar-refractivity contribution in [2.24, 2.45) is 0 Å². The fourth-order valence-electron chi connectivity index (χ4n) is 4.41. The first kappa shape index (κ1) is 22.3. The fourth-order valence-corrected chi connectivity index (χ4v) is 4.61. The zero-order valence-electron chi connectivity index (χ0n) is 19.2. The van der Waals surface area contributed by atoms with E-state index in [1.54, 1.807) is 39.3 Å². The van der Waals surface area contributed by atoms with Crippen LogP contribution in [0.5, 0.6) is 17.2 Å². The molecule has 1 aliphatic heterocycles. The molecular weight excluding hydrogens is 454 g/mol. The van der Waals surface area contributed by atoms with E-state index < -0.39 is 0 Å². The Kier molecular flexibility index (Phi) is 5.94. The van der Waals surface area contributed by atoms with E-state index in [0.717, 1.165) is 16.9 Å². The lowest BCUT2D eigenvalue weighted by atomic mass is 10.00. The maximum absolute atomic E-state index is 13.6. The highest BCUT2D eigenvalue weighted by atomic mass is 35.5. The van der Waals surface area contributed by atoms with Gasteiger partial charge in [0.15, 0.2) is 11.5 Å². The molecule has 5 rings (SSSR count). The highest BCUT2D eigenvalue weighted by molar-refractivity contribution is 6.31. The number of methoxy groups -OCH3 is 2. The standard InChI is InChI=1S/C27H24ClNO5/c1-16-25(17-8-10-23(31-2)24(12-17)32-3)26(30)19-9-11-22-20(27(19)34-16)14-29(15-33-22)13-18-6-4-5-7-21(18)28/h4-12H,13-15H2,1-3H3. The Bertz CT molecular complexity index is 1450. The van der Waals surface area contributed by atoms with Gasteiger partial charge in [0.05, 0.1) is 30.7 Å². The lowest BCUT2D eigenvalue weighted by Gasteiger charge is -2.29. The minimum atomic E-state index is -0.100. The normalized spacial score (nSPS) is 13.4. The second kappa shape index (κ2) is 9.05. The van der Waals surface area contributed by atoms with Gasteiger partial charge < -0.3 is 18.6 Å². The Morgan fingerprint density at radius 3 is 2.59 bits per heavy atom. The number of rotatable bonds is 5. The number of hydrogen-bond donors (Lipinski definition) is 0. The molecule has 1 aliphatic rings. The third kappa shape index (κ3) is 3.89. The fraction of sp³-hybridized carbons (Fsp3) is 0.222. The van der Waals surface area contributed by atoms with Crippen LogP contribution in [-0.4, -0.2) is 25.9 Å². The first-order valence-corrected chi connectivity index (χ1v) is 11.3. The van der Waals surface area contributed by atoms with E-state index in [-0.39, 0.29) is 5.43 Å². The van der Waals surface area contributed by atoms with E-state index in [1.165, 1.54) is 0 Å². The van der Waals surface area contributed by atoms with Crippen LogP contribution in [0.1, 0.15) is 16.9 Å². The van der Waals surface area contributed by atoms with Crippen molar-refractivity contribution < 1.29 is 18.6 Å². The molecule has 1 aromatic heterocycles. The van der Waals surface area contributed by atoms with E-state index in [2.05, 4.69) is 4.90 Å². The predicted molar refractivity (Wildman–Crippen MR) is 132 cm³/mol. The smallest absolute Gasteiger partial charge is 0.200 e. The Labute approximate surface area is 202 Å². The van der Waals surface area contributed by atoms with Gasteiger partial charge >= 0.3 is 0 Å². The summed E-state index contributed by atoms with van der Waals surface area (Å²) in [6.45, 7) is 3.44. The highest BCUT2D eigenvalue weighted by Crippen LogP contribution is 2.36. The number of benzene rings is 3. The van der Waals surface area contributed by atoms with Gasteiger partial charge in [0, 0.05) is 18.1 Å². The number of aryl methyl sites for hydroxylation is 1. The summed E-state index contributed by atoms with van der Waals surface area (Å²) >= 11 is 6.35. The molecule has 0 N–H and O–H groups in total. The van der Waals surface area contributed by atoms with Gasteiger partial charge in [-0.05, 0) is 48.4 Å². The van der Waals surface area contributed by atoms with Crippen molar-refractivity contribution in [3.05, 3.63) is 86.7 Å². The summed E-state index contributed by atoms with van der Waals surface area (Å²) in [6, 6.07) is 16.8. The van der Waals surface area contributed by atoms with Crippen molar-refractivity contribution >= 4 is 22.6 Å². The lowest BCUT2D eigenvalue weighted by Crippen LogP contribution is -2.32. The molecule has 7 heteroatoms. The molecule has 0 radical (unpaired) electrons. The SMILES string of the molecule is COc1ccc(-c2c(C)oc3c4c(ccc3c2=O)OCN(Cc2ccccc2Cl)C4)cc1OC. The van der Waals surface area contributed by atoms with Crippen molar-refractivity contribution in [3.63, 3.8) is 0 Å². The number of ether oxygens (including phenoxy) is 3. The molecule has 0 bridgehead atoms. The first-order valence-electron chi connectivity index (χ1n) is 10.9. The van der Waals surface area contributed by atoms with Crippen LogP contribution in [0.2, 0.25) is 5.02 Å². The van der Waals surface area contributed by atoms with Crippen molar-refractivity contribution in [3.8, 4) is 28.4 Å². The van der Waals surface area contributed by atoms with Crippen molar-refractivity contribution in [2.45, 2.75) is 20.0 Å². The summed E-state index contributed by atoms with van der Waals surface area (Å²) in [5.74, 6) is 2.40. The lowest BCUT2D eigenvalue weighted by molar-refractivity contribution is 0.0890. The Morgan fingerprint density at radius 2 is 1.82 bits per heavy atom. The topological polar surface area (TPSA) is 61.1 Å². The van der Waals surface area contributed by atoms with Gasteiger partial charge in [0.1, 0.15) is 23.8 Å². The van der Waals surface area contributed by atoms with Gasteiger partial charge in [-0.2, -0.15) is 0 Å². The predicted octanol–water partition coefficient (Wildman–Crippen LogP) is 5.79. The quantitative estimate of drug-likeness (QED) is 0.362. The number of nitrogens with zero attached hydrogens (tertiary/aromatic N) is 1. The summed E-state index contributed by atoms with van der Waals surface area (Å²) in [6.07, 6.45) is 0. The molecule has 4 aromatic rings. The monoisotopic (exact) mass is 477 g/mol. The second-order valence-corrected chi connectivity index (χ2v) is 8.61. The molecule has 34 heavy (non-hydrogen) atoms. The first-order chi connectivity index (χ1) is 16.5. The van der Waals surface area contributed by atoms with Gasteiger partial charge in [-0.3, -0.25) is 9.69 Å². The number of fused-ring (bicyclic) bond motifs is 3. The van der Waals surface area contributed by atoms with Crippen molar-refractivity contribution in [2.75, 3.05) is 21.0 Å². The van der Waals surface area contributed by atoms with Crippen LogP contribution in [0.15, 0.2) is 63.8 Å². The Balaban J connectivity index is 1.57. The Hall–Kier alpha value is -3.48. The zero-order valence-corrected chi connectivity index (χ0v) is 19.9. The van der Waals surface area contributed by atoms with Crippen LogP contribution in [0.25, 0.3) is 22.1 Å². The summed E-state index contributed by atoms with van der Waals surface area (Å²) < 4.78 is 23.0. The summed E-state index contributed by atoms with van der Waals surface area (Å²) in [5.41, 5.74) is 3.53. The molecule has 3 aromatic carbocycles. The van der Waals surface area contributed by atoms with Crippen LogP contribution in [0, 0.1) is 6.92 Å². The van der Waals surface area contributed by atoms with Crippen LogP contribution < -0.4 is 19.6 Å². The van der Waals surface area contributed by atoms with E-state index >= 15 is 0 Å². The molecule has 0 spiro atoms. The maximum atomic E-state index is 13.6. The van der Waals surface area contributed by atoms with Crippen LogP contribution in [0.3, 0.4) is 0 Å². The summed E-state index contributed by atoms with van der Waals surface area (Å²) in [7, 11) is 3.14. The summed E-state index contributed by atoms with van der Waals surface area (Å²) in [5, 5.41) is 1.23. The summed E-state index contributed by atoms with van der Waals surface area (Å²) in [4.78, 5) is 15.7. The molecule has 0 unspecified atom stereocenters. The average molecular weight is 478 g/mol. The van der Waals surface area contributed by atoms with Gasteiger partial charge in [-0.15, -0.1) is 0 Å². The van der Waals surface area contributed by atoms with E-state index in [9.17, 15) is 4.79 Å². The van der Waals surface area contributed by atoms with Crippen LogP contribution >= 0.6 is 11.6 Å². The van der Waals surface area contributed by atoms with Crippen molar-refractivity contribution in [1.29, 1.82) is 0 Å². The third-order valence-electron chi connectivity index (χ3n) is 6.10. The molecule has 2 heterocycles. The Morgan fingerprint density at radius 1 is 1.03 bits per heavy atom. The van der Waals surface area contributed by atoms with E-state index in [1.807, 2.05) is 36.4 Å². The molecule has 0 saturated heterocycles. The average Bonchev–Trinajstić information content (AvgIpc) is 2.85. The molecular formula is C27H24ClNO5. The highest BCUT2D eigenvalue weighted by Gasteiger charge is 2.24. The molecule has 6 nitrogen and oxygen atoms in total. The molecule has 0 saturated carbocycles. The van der Waals surface area contributed by atoms with Gasteiger partial charge in [0.2, 0.25) is 5.43 Å². The van der Waals surface area contributed by atoms with Crippen LogP contribution in [0.4, 0.5) is 0 Å². The zero-order chi connectivity index (χ0) is 23.8. The van der Waals surface area contributed by atoms with Gasteiger partial charge in [0.25, 0.3) is 0 Å². The molecule has 0 amide bonds. The largest absolute Gasteiger partial charge is 0.493 e. The molecule has 0 aliphatic carbocycles. The van der Waals surface area contributed by atoms with E-state index in [4.69, 9.17) is 30.2 Å². The van der Waals surface area contributed by atoms with Gasteiger partial charge in [-0.1, -0.05) is 35.9 Å². The third-order valence-corrected chi connectivity index (χ3v) is 6.47. The van der Waals surface area contributed by atoms with Gasteiger partial charge in [-0.25, -0.2) is 0 Å². The minimum Gasteiger partial charge on any atom is -0.493 e. The minimum absolute atomic E-state index is 0.100. The van der Waals surface area contributed by atoms with Crippen molar-refractivity contribution in [1.82, 2.24) is 4.90 Å². The number of halogens is 1. The molecule has 174 valence electrons. The second-order valence-electron chi connectivity index (χ2n) is 8.20. The maximum Gasteiger partial charge on any atom is 0.200 e. The molecule has 0 fully saturated rings. The van der Waals surface area contributed by atoms with Crippen LogP contribution in [-0.2, 0) is 13.1 Å².